The van der Waals surface area contributed by atoms with E-state index >= 15 is 0 Å². The molecule has 1 atom stereocenters. The predicted octanol–water partition coefficient (Wildman–Crippen LogP) is 1.94. The summed E-state index contributed by atoms with van der Waals surface area (Å²) in [6, 6.07) is 3.86. The molecule has 0 radical (unpaired) electrons. The summed E-state index contributed by atoms with van der Waals surface area (Å²) in [6.45, 7) is 0.193. The number of fused-ring (bicyclic) bond motifs is 4. The van der Waals surface area contributed by atoms with E-state index in [0.717, 1.165) is 6.08 Å². The Kier molecular flexibility index (Phi) is 2.57. The number of rotatable bonds is 0. The Morgan fingerprint density at radius 2 is 2.00 bits per heavy atom. The fourth-order valence-corrected chi connectivity index (χ4v) is 5.59. The number of carbonyl (C=O) groups excluding carboxylic acids is 1. The van der Waals surface area contributed by atoms with E-state index in [1.807, 2.05) is 0 Å². The molecular formula is C15H11F2NO3S. The molecule has 1 aliphatic heterocycles. The van der Waals surface area contributed by atoms with Crippen LogP contribution in [0.5, 0.6) is 0 Å². The summed E-state index contributed by atoms with van der Waals surface area (Å²) in [5.74, 6) is -2.20. The molecule has 1 fully saturated rings. The van der Waals surface area contributed by atoms with E-state index in [9.17, 15) is 22.0 Å². The van der Waals surface area contributed by atoms with E-state index in [-0.39, 0.29) is 25.0 Å². The van der Waals surface area contributed by atoms with Crippen LogP contribution in [0.25, 0.3) is 5.57 Å². The van der Waals surface area contributed by atoms with Gasteiger partial charge in [0.25, 0.3) is 0 Å². The lowest BCUT2D eigenvalue weighted by Crippen LogP contribution is -2.35. The maximum absolute atomic E-state index is 13.8. The highest BCUT2D eigenvalue weighted by molar-refractivity contribution is 7.91. The molecule has 1 spiro atoms. The van der Waals surface area contributed by atoms with E-state index in [2.05, 4.69) is 4.72 Å². The number of sulfonamides is 1. The number of nitrogens with one attached hydrogen (secondary N) is 1. The highest BCUT2D eigenvalue weighted by atomic mass is 32.2. The van der Waals surface area contributed by atoms with Crippen molar-refractivity contribution in [2.24, 2.45) is 0 Å². The number of halogens is 2. The van der Waals surface area contributed by atoms with E-state index in [0.29, 0.717) is 16.7 Å². The average Bonchev–Trinajstić information content (AvgIpc) is 2.89. The third kappa shape index (κ3) is 1.47. The first-order chi connectivity index (χ1) is 10.4. The number of Topliss-reactive ketones (excluding diaryl/α,β-unsaturated/α-hetero) is 1. The van der Waals surface area contributed by atoms with Crippen LogP contribution in [0.4, 0.5) is 8.78 Å². The Hall–Kier alpha value is -1.86. The summed E-state index contributed by atoms with van der Waals surface area (Å²) in [5.41, 5.74) is 1.55. The molecule has 1 aromatic carbocycles. The molecule has 0 aromatic heterocycles. The fourth-order valence-electron chi connectivity index (χ4n) is 3.67. The normalized spacial score (nSPS) is 28.8. The van der Waals surface area contributed by atoms with Crippen molar-refractivity contribution in [2.75, 3.05) is 6.54 Å². The van der Waals surface area contributed by atoms with Crippen LogP contribution in [-0.4, -0.2) is 20.7 Å². The van der Waals surface area contributed by atoms with Gasteiger partial charge in [-0.2, -0.15) is 0 Å². The molecule has 22 heavy (non-hydrogen) atoms. The summed E-state index contributed by atoms with van der Waals surface area (Å²) in [5, 5.41) is 0. The van der Waals surface area contributed by atoms with E-state index < -0.39 is 32.2 Å². The number of ketones is 1. The van der Waals surface area contributed by atoms with Gasteiger partial charge in [0.05, 0.1) is 0 Å². The van der Waals surface area contributed by atoms with Crippen LogP contribution in [0, 0.1) is 5.82 Å². The minimum Gasteiger partial charge on any atom is -0.291 e. The predicted molar refractivity (Wildman–Crippen MR) is 75.4 cm³/mol. The molecule has 4 nitrogen and oxygen atoms in total. The molecule has 7 heteroatoms. The number of hydrogen-bond acceptors (Lipinski definition) is 3. The summed E-state index contributed by atoms with van der Waals surface area (Å²) in [4.78, 5) is 11.7. The van der Waals surface area contributed by atoms with Crippen LogP contribution in [0.3, 0.4) is 0 Å². The van der Waals surface area contributed by atoms with Crippen LogP contribution in [0.2, 0.25) is 0 Å². The average molecular weight is 323 g/mol. The van der Waals surface area contributed by atoms with Gasteiger partial charge < -0.3 is 0 Å². The molecule has 0 saturated carbocycles. The molecule has 1 saturated heterocycles. The van der Waals surface area contributed by atoms with E-state index in [1.54, 1.807) is 0 Å². The molecule has 1 unspecified atom stereocenters. The van der Waals surface area contributed by atoms with Crippen molar-refractivity contribution >= 4 is 21.4 Å². The lowest BCUT2D eigenvalue weighted by atomic mass is 9.88. The Morgan fingerprint density at radius 3 is 2.68 bits per heavy atom. The smallest absolute Gasteiger partial charge is 0.225 e. The minimum atomic E-state index is -3.82. The molecule has 3 aliphatic rings. The highest BCUT2D eigenvalue weighted by Crippen LogP contribution is 2.56. The number of hydrogen-bond donors (Lipinski definition) is 1. The monoisotopic (exact) mass is 323 g/mol. The van der Waals surface area contributed by atoms with Gasteiger partial charge in [0.15, 0.2) is 11.6 Å². The first kappa shape index (κ1) is 13.8. The van der Waals surface area contributed by atoms with E-state index in [1.165, 1.54) is 18.2 Å². The number of carbonyl (C=O) groups is 1. The van der Waals surface area contributed by atoms with Crippen molar-refractivity contribution in [1.82, 2.24) is 4.72 Å². The molecule has 2 aliphatic carbocycles. The zero-order chi connectivity index (χ0) is 15.7. The van der Waals surface area contributed by atoms with Crippen molar-refractivity contribution in [1.29, 1.82) is 0 Å². The first-order valence-electron chi connectivity index (χ1n) is 6.80. The molecule has 114 valence electrons. The van der Waals surface area contributed by atoms with Crippen LogP contribution in [-0.2, 0) is 19.6 Å². The topological polar surface area (TPSA) is 63.2 Å². The minimum absolute atomic E-state index is 0.183. The summed E-state index contributed by atoms with van der Waals surface area (Å²) < 4.78 is 53.6. The van der Waals surface area contributed by atoms with Crippen molar-refractivity contribution in [3.05, 3.63) is 52.6 Å². The van der Waals surface area contributed by atoms with Gasteiger partial charge in [0.2, 0.25) is 10.0 Å². The number of allylic oxidation sites excluding steroid dienone is 3. The summed E-state index contributed by atoms with van der Waals surface area (Å²) in [7, 11) is -3.82. The van der Waals surface area contributed by atoms with Gasteiger partial charge in [-0.3, -0.25) is 4.79 Å². The van der Waals surface area contributed by atoms with Gasteiger partial charge in [0, 0.05) is 13.0 Å². The summed E-state index contributed by atoms with van der Waals surface area (Å²) in [6.07, 6.45) is 0.986. The maximum Gasteiger partial charge on any atom is 0.225 e. The van der Waals surface area contributed by atoms with Crippen molar-refractivity contribution in [3.8, 4) is 0 Å². The summed E-state index contributed by atoms with van der Waals surface area (Å²) >= 11 is 0. The first-order valence-corrected chi connectivity index (χ1v) is 8.29. The van der Waals surface area contributed by atoms with Gasteiger partial charge >= 0.3 is 0 Å². The van der Waals surface area contributed by atoms with Gasteiger partial charge in [-0.15, -0.1) is 0 Å². The van der Waals surface area contributed by atoms with Crippen LogP contribution >= 0.6 is 0 Å². The zero-order valence-corrected chi connectivity index (χ0v) is 12.1. The second kappa shape index (κ2) is 4.11. The van der Waals surface area contributed by atoms with Crippen molar-refractivity contribution in [3.63, 3.8) is 0 Å². The fraction of sp³-hybridized carbons (Fsp3) is 0.267. The van der Waals surface area contributed by atoms with Gasteiger partial charge in [-0.25, -0.2) is 21.9 Å². The molecule has 0 amide bonds. The lowest BCUT2D eigenvalue weighted by Gasteiger charge is -2.26. The molecule has 4 rings (SSSR count). The quantitative estimate of drug-likeness (QED) is 0.793. The molecule has 1 N–H and O–H groups in total. The Labute approximate surface area is 125 Å². The van der Waals surface area contributed by atoms with Gasteiger partial charge in [-0.1, -0.05) is 6.07 Å². The second-order valence-electron chi connectivity index (χ2n) is 5.65. The third-order valence-electron chi connectivity index (χ3n) is 4.60. The van der Waals surface area contributed by atoms with Crippen LogP contribution < -0.4 is 4.72 Å². The lowest BCUT2D eigenvalue weighted by molar-refractivity contribution is -0.116. The Bertz CT molecular complexity index is 901. The molecule has 0 bridgehead atoms. The SMILES string of the molecule is O=C1CC2=C(C=C1F)C1(CCNS1(=O)=O)c1cc(F)ccc12. The van der Waals surface area contributed by atoms with Gasteiger partial charge in [-0.05, 0) is 46.9 Å². The van der Waals surface area contributed by atoms with E-state index in [4.69, 9.17) is 0 Å². The van der Waals surface area contributed by atoms with Crippen LogP contribution in [0.1, 0.15) is 24.0 Å². The standard InChI is InChI=1S/C15H11F2NO3S/c16-8-1-2-9-10-6-14(19)13(17)7-12(10)15(11(9)5-8)3-4-18-22(15,20)21/h1-2,5,7,18H,3-4,6H2. The second-order valence-corrected chi connectivity index (χ2v) is 7.64. The Balaban J connectivity index is 2.11. The third-order valence-corrected chi connectivity index (χ3v) is 6.75. The number of benzene rings is 1. The molecule has 1 aromatic rings. The zero-order valence-electron chi connectivity index (χ0n) is 11.3. The molecule has 1 heterocycles. The van der Waals surface area contributed by atoms with Gasteiger partial charge in [0.1, 0.15) is 10.6 Å². The van der Waals surface area contributed by atoms with Crippen molar-refractivity contribution in [2.45, 2.75) is 17.6 Å². The largest absolute Gasteiger partial charge is 0.291 e. The maximum atomic E-state index is 13.8. The highest BCUT2D eigenvalue weighted by Gasteiger charge is 2.57. The Morgan fingerprint density at radius 1 is 1.23 bits per heavy atom. The molecular weight excluding hydrogens is 312 g/mol. The van der Waals surface area contributed by atoms with Crippen molar-refractivity contribution < 1.29 is 22.0 Å². The van der Waals surface area contributed by atoms with Crippen LogP contribution in [0.15, 0.2) is 35.7 Å².